The van der Waals surface area contributed by atoms with Gasteiger partial charge in [0, 0.05) is 0 Å². The molecule has 3 heteroatoms. The molecule has 1 saturated carbocycles. The summed E-state index contributed by atoms with van der Waals surface area (Å²) in [6, 6.07) is 4.04. The maximum absolute atomic E-state index is 12.4. The summed E-state index contributed by atoms with van der Waals surface area (Å²) in [5.74, 6) is 0.233. The van der Waals surface area contributed by atoms with Crippen LogP contribution in [0, 0.1) is 26.7 Å². The van der Waals surface area contributed by atoms with Gasteiger partial charge in [0.1, 0.15) is 5.57 Å². The molecule has 0 bridgehead atoms. The van der Waals surface area contributed by atoms with Crippen LogP contribution in [0.25, 0.3) is 5.57 Å². The highest BCUT2D eigenvalue weighted by Crippen LogP contribution is 2.48. The first-order valence-electron chi connectivity index (χ1n) is 7.59. The number of carbonyl (C=O) groups is 1. The van der Waals surface area contributed by atoms with Crippen molar-refractivity contribution < 1.29 is 14.6 Å². The number of aliphatic hydroxyl groups excluding tert-OH is 1. The molecule has 2 aliphatic rings. The van der Waals surface area contributed by atoms with Gasteiger partial charge in [0.15, 0.2) is 11.4 Å². The Labute approximate surface area is 125 Å². The van der Waals surface area contributed by atoms with Crippen molar-refractivity contribution in [2.24, 2.45) is 5.92 Å². The first-order chi connectivity index (χ1) is 9.84. The Morgan fingerprint density at radius 2 is 1.86 bits per heavy atom. The average Bonchev–Trinajstić information content (AvgIpc) is 2.88. The summed E-state index contributed by atoms with van der Waals surface area (Å²) in [4.78, 5) is 12.4. The second-order valence-electron chi connectivity index (χ2n) is 6.71. The fraction of sp³-hybridized carbons (Fsp3) is 0.500. The molecule has 0 aromatic heterocycles. The Hall–Kier alpha value is -1.77. The van der Waals surface area contributed by atoms with Gasteiger partial charge in [-0.2, -0.15) is 0 Å². The zero-order valence-corrected chi connectivity index (χ0v) is 13.1. The zero-order valence-electron chi connectivity index (χ0n) is 13.1. The number of hydrogen-bond donors (Lipinski definition) is 1. The summed E-state index contributed by atoms with van der Waals surface area (Å²) >= 11 is 0. The predicted octanol–water partition coefficient (Wildman–Crippen LogP) is 4.00. The summed E-state index contributed by atoms with van der Waals surface area (Å²) in [6.45, 7) is 8.17. The van der Waals surface area contributed by atoms with Gasteiger partial charge in [-0.3, -0.25) is 0 Å². The van der Waals surface area contributed by atoms with Crippen molar-refractivity contribution in [3.63, 3.8) is 0 Å². The lowest BCUT2D eigenvalue weighted by atomic mass is 9.91. The van der Waals surface area contributed by atoms with Gasteiger partial charge < -0.3 is 9.84 Å². The average molecular weight is 286 g/mol. The minimum Gasteiger partial charge on any atom is -0.507 e. The number of ether oxygens (including phenoxy) is 1. The fourth-order valence-electron chi connectivity index (χ4n) is 3.62. The molecule has 1 fully saturated rings. The summed E-state index contributed by atoms with van der Waals surface area (Å²) in [5.41, 5.74) is 3.70. The van der Waals surface area contributed by atoms with Gasteiger partial charge in [0.05, 0.1) is 0 Å². The smallest absolute Gasteiger partial charge is 0.343 e. The van der Waals surface area contributed by atoms with Crippen LogP contribution in [0.1, 0.15) is 48.4 Å². The summed E-state index contributed by atoms with van der Waals surface area (Å²) in [5, 5.41) is 10.7. The van der Waals surface area contributed by atoms with Crippen LogP contribution in [0.3, 0.4) is 0 Å². The number of carbonyl (C=O) groups excluding carboxylic acids is 1. The molecule has 3 nitrogen and oxygen atoms in total. The first kappa shape index (κ1) is 14.2. The van der Waals surface area contributed by atoms with E-state index in [2.05, 4.69) is 13.0 Å². The molecule has 1 N–H and O–H groups in total. The Morgan fingerprint density at radius 3 is 2.48 bits per heavy atom. The Balaban J connectivity index is 2.13. The molecule has 112 valence electrons. The lowest BCUT2D eigenvalue weighted by molar-refractivity contribution is -0.146. The third kappa shape index (κ3) is 2.06. The van der Waals surface area contributed by atoms with Crippen LogP contribution in [0.2, 0.25) is 0 Å². The van der Waals surface area contributed by atoms with Gasteiger partial charge >= 0.3 is 5.97 Å². The lowest BCUT2D eigenvalue weighted by Gasteiger charge is -2.22. The molecule has 0 saturated heterocycles. The van der Waals surface area contributed by atoms with E-state index in [0.29, 0.717) is 11.5 Å². The Kier molecular flexibility index (Phi) is 3.12. The van der Waals surface area contributed by atoms with Crippen LogP contribution in [0.4, 0.5) is 0 Å². The maximum Gasteiger partial charge on any atom is 0.343 e. The van der Waals surface area contributed by atoms with E-state index in [-0.39, 0.29) is 11.7 Å². The van der Waals surface area contributed by atoms with Crippen LogP contribution in [0.15, 0.2) is 17.9 Å². The predicted molar refractivity (Wildman–Crippen MR) is 82.0 cm³/mol. The SMILES string of the molecule is Cc1cc(C)c(C2=C(O)C3(CCC(C)C3)OC2=O)cc1C. The van der Waals surface area contributed by atoms with Crippen LogP contribution in [-0.4, -0.2) is 16.7 Å². The van der Waals surface area contributed by atoms with Crippen molar-refractivity contribution in [3.05, 3.63) is 40.1 Å². The van der Waals surface area contributed by atoms with Crippen LogP contribution in [0.5, 0.6) is 0 Å². The van der Waals surface area contributed by atoms with E-state index >= 15 is 0 Å². The van der Waals surface area contributed by atoms with Crippen molar-refractivity contribution in [2.75, 3.05) is 0 Å². The molecule has 1 aromatic carbocycles. The first-order valence-corrected chi connectivity index (χ1v) is 7.59. The molecule has 1 heterocycles. The molecular formula is C18H22O3. The lowest BCUT2D eigenvalue weighted by Crippen LogP contribution is -2.28. The molecule has 3 rings (SSSR count). The van der Waals surface area contributed by atoms with E-state index < -0.39 is 5.60 Å². The van der Waals surface area contributed by atoms with Gasteiger partial charge in [0.25, 0.3) is 0 Å². The van der Waals surface area contributed by atoms with Gasteiger partial charge in [-0.15, -0.1) is 0 Å². The van der Waals surface area contributed by atoms with Crippen molar-refractivity contribution >= 4 is 11.5 Å². The van der Waals surface area contributed by atoms with Crippen LogP contribution < -0.4 is 0 Å². The van der Waals surface area contributed by atoms with Gasteiger partial charge in [0.2, 0.25) is 0 Å². The van der Waals surface area contributed by atoms with Crippen molar-refractivity contribution in [1.29, 1.82) is 0 Å². The Morgan fingerprint density at radius 1 is 1.19 bits per heavy atom. The molecule has 0 radical (unpaired) electrons. The number of esters is 1. The van der Waals surface area contributed by atoms with Gasteiger partial charge in [-0.05, 0) is 68.2 Å². The minimum absolute atomic E-state index is 0.142. The highest BCUT2D eigenvalue weighted by Gasteiger charge is 2.52. The molecule has 0 amide bonds. The molecule has 2 atom stereocenters. The van der Waals surface area contributed by atoms with Crippen molar-refractivity contribution in [1.82, 2.24) is 0 Å². The van der Waals surface area contributed by atoms with E-state index in [1.165, 1.54) is 5.56 Å². The minimum atomic E-state index is -0.767. The summed E-state index contributed by atoms with van der Waals surface area (Å²) in [6.07, 6.45) is 2.42. The topological polar surface area (TPSA) is 46.5 Å². The van der Waals surface area contributed by atoms with E-state index in [0.717, 1.165) is 36.0 Å². The second-order valence-corrected chi connectivity index (χ2v) is 6.71. The molecule has 2 unspecified atom stereocenters. The quantitative estimate of drug-likeness (QED) is 0.794. The zero-order chi connectivity index (χ0) is 15.4. The number of aliphatic hydroxyl groups is 1. The number of aryl methyl sites for hydroxylation is 3. The molecule has 1 aliphatic carbocycles. The third-order valence-corrected chi connectivity index (χ3v) is 4.99. The summed E-state index contributed by atoms with van der Waals surface area (Å²) < 4.78 is 5.62. The third-order valence-electron chi connectivity index (χ3n) is 4.99. The molecule has 1 spiro atoms. The highest BCUT2D eigenvalue weighted by molar-refractivity contribution is 6.20. The molecule has 21 heavy (non-hydrogen) atoms. The monoisotopic (exact) mass is 286 g/mol. The van der Waals surface area contributed by atoms with E-state index in [1.54, 1.807) is 0 Å². The Bertz CT molecular complexity index is 657. The maximum atomic E-state index is 12.4. The largest absolute Gasteiger partial charge is 0.507 e. The van der Waals surface area contributed by atoms with E-state index in [4.69, 9.17) is 4.74 Å². The van der Waals surface area contributed by atoms with Gasteiger partial charge in [-0.1, -0.05) is 19.1 Å². The highest BCUT2D eigenvalue weighted by atomic mass is 16.6. The van der Waals surface area contributed by atoms with Crippen LogP contribution in [-0.2, 0) is 9.53 Å². The normalized spacial score (nSPS) is 28.6. The molecule has 1 aliphatic heterocycles. The fourth-order valence-corrected chi connectivity index (χ4v) is 3.62. The standard InChI is InChI=1S/C18H22O3/c1-10-5-6-18(9-10)16(19)15(17(20)21-18)14-8-12(3)11(2)7-13(14)4/h7-8,10,19H,5-6,9H2,1-4H3. The van der Waals surface area contributed by atoms with Crippen LogP contribution >= 0.6 is 0 Å². The molecule has 1 aromatic rings. The van der Waals surface area contributed by atoms with Crippen molar-refractivity contribution in [3.8, 4) is 0 Å². The van der Waals surface area contributed by atoms with Crippen molar-refractivity contribution in [2.45, 2.75) is 52.6 Å². The summed E-state index contributed by atoms with van der Waals surface area (Å²) in [7, 11) is 0. The number of hydrogen-bond acceptors (Lipinski definition) is 3. The van der Waals surface area contributed by atoms with E-state index in [1.807, 2.05) is 26.8 Å². The number of benzene rings is 1. The molecular weight excluding hydrogens is 264 g/mol. The van der Waals surface area contributed by atoms with Gasteiger partial charge in [-0.25, -0.2) is 4.79 Å². The number of rotatable bonds is 1. The second kappa shape index (κ2) is 4.62. The van der Waals surface area contributed by atoms with E-state index in [9.17, 15) is 9.90 Å².